The van der Waals surface area contributed by atoms with E-state index in [0.717, 1.165) is 24.2 Å². The number of nitrogens with zero attached hydrogens (tertiary/aromatic N) is 3. The number of thioether (sulfide) groups is 1. The predicted molar refractivity (Wildman–Crippen MR) is 120 cm³/mol. The minimum absolute atomic E-state index is 0.0520. The molecule has 0 atom stereocenters. The Hall–Kier alpha value is -3.20. The number of methoxy groups -OCH3 is 3. The first-order valence-electron chi connectivity index (χ1n) is 10.2. The molecule has 1 aromatic heterocycles. The molecule has 8 nitrogen and oxygen atoms in total. The van der Waals surface area contributed by atoms with Gasteiger partial charge in [-0.05, 0) is 42.7 Å². The molecular weight excluding hydrogens is 430 g/mol. The molecule has 0 aliphatic heterocycles. The normalized spacial score (nSPS) is 13.0. The number of aromatic nitrogens is 2. The summed E-state index contributed by atoms with van der Waals surface area (Å²) in [5, 5.41) is 8.53. The summed E-state index contributed by atoms with van der Waals surface area (Å²) in [5.41, 5.74) is 1.76. The molecule has 4 rings (SSSR count). The van der Waals surface area contributed by atoms with Gasteiger partial charge in [0.25, 0.3) is 5.22 Å². The molecule has 0 bridgehead atoms. The smallest absolute Gasteiger partial charge is 0.277 e. The van der Waals surface area contributed by atoms with Gasteiger partial charge >= 0.3 is 0 Å². The number of benzene rings is 2. The fraction of sp³-hybridized carbons (Fsp3) is 0.348. The van der Waals surface area contributed by atoms with Gasteiger partial charge in [0.05, 0.1) is 27.1 Å². The highest BCUT2D eigenvalue weighted by Gasteiger charge is 2.32. The molecule has 0 unspecified atom stereocenters. The molecule has 0 N–H and O–H groups in total. The summed E-state index contributed by atoms with van der Waals surface area (Å²) in [7, 11) is 4.80. The predicted octanol–water partition coefficient (Wildman–Crippen LogP) is 4.05. The van der Waals surface area contributed by atoms with Gasteiger partial charge in [-0.3, -0.25) is 4.79 Å². The van der Waals surface area contributed by atoms with Crippen LogP contribution < -0.4 is 14.2 Å². The van der Waals surface area contributed by atoms with Crippen LogP contribution in [0.15, 0.2) is 52.1 Å². The molecule has 0 spiro atoms. The maximum absolute atomic E-state index is 12.9. The average Bonchev–Trinajstić information content (AvgIpc) is 3.57. The Bertz CT molecular complexity index is 1040. The van der Waals surface area contributed by atoms with Gasteiger partial charge < -0.3 is 23.5 Å². The summed E-state index contributed by atoms with van der Waals surface area (Å²) in [6, 6.07) is 13.4. The molecule has 1 amide bonds. The average molecular weight is 456 g/mol. The van der Waals surface area contributed by atoms with E-state index in [1.165, 1.54) is 11.8 Å². The van der Waals surface area contributed by atoms with Crippen LogP contribution in [0.1, 0.15) is 18.4 Å². The van der Waals surface area contributed by atoms with Gasteiger partial charge in [0.2, 0.25) is 11.8 Å². The Morgan fingerprint density at radius 1 is 1.00 bits per heavy atom. The van der Waals surface area contributed by atoms with Crippen molar-refractivity contribution in [1.82, 2.24) is 15.1 Å². The topological polar surface area (TPSA) is 86.9 Å². The third-order valence-corrected chi connectivity index (χ3v) is 5.95. The highest BCUT2D eigenvalue weighted by molar-refractivity contribution is 7.99. The minimum Gasteiger partial charge on any atom is -0.497 e. The lowest BCUT2D eigenvalue weighted by Gasteiger charge is -2.22. The van der Waals surface area contributed by atoms with E-state index in [4.69, 9.17) is 18.6 Å². The van der Waals surface area contributed by atoms with E-state index < -0.39 is 0 Å². The van der Waals surface area contributed by atoms with Gasteiger partial charge in [-0.25, -0.2) is 0 Å². The van der Waals surface area contributed by atoms with Gasteiger partial charge in [0, 0.05) is 24.2 Å². The zero-order chi connectivity index (χ0) is 22.5. The van der Waals surface area contributed by atoms with Crippen LogP contribution >= 0.6 is 11.8 Å². The maximum Gasteiger partial charge on any atom is 0.277 e. The van der Waals surface area contributed by atoms with Gasteiger partial charge in [-0.15, -0.1) is 10.2 Å². The maximum atomic E-state index is 12.9. The first-order chi connectivity index (χ1) is 15.6. The van der Waals surface area contributed by atoms with Crippen LogP contribution in [-0.4, -0.2) is 54.1 Å². The lowest BCUT2D eigenvalue weighted by molar-refractivity contribution is -0.129. The largest absolute Gasteiger partial charge is 0.497 e. The van der Waals surface area contributed by atoms with Crippen molar-refractivity contribution < 1.29 is 23.4 Å². The molecule has 1 fully saturated rings. The standard InChI is InChI=1S/C23H25N3O5S/c1-28-18-8-4-15(5-9-18)13-26(17-6-7-17)21(27)14-32-23-25-24-22(31-23)16-10-19(29-2)12-20(11-16)30-3/h4-5,8-12,17H,6-7,13-14H2,1-3H3. The van der Waals surface area contributed by atoms with Crippen molar-refractivity contribution in [3.63, 3.8) is 0 Å². The molecule has 3 aromatic rings. The van der Waals surface area contributed by atoms with E-state index in [2.05, 4.69) is 10.2 Å². The summed E-state index contributed by atoms with van der Waals surface area (Å²) < 4.78 is 21.5. The minimum atomic E-state index is 0.0520. The van der Waals surface area contributed by atoms with Gasteiger partial charge in [-0.1, -0.05) is 23.9 Å². The van der Waals surface area contributed by atoms with E-state index in [9.17, 15) is 4.79 Å². The Morgan fingerprint density at radius 3 is 2.25 bits per heavy atom. The number of carbonyl (C=O) groups excluding carboxylic acids is 1. The molecule has 1 saturated carbocycles. The molecule has 168 valence electrons. The summed E-state index contributed by atoms with van der Waals surface area (Å²) in [4.78, 5) is 14.9. The van der Waals surface area contributed by atoms with E-state index in [1.54, 1.807) is 39.5 Å². The molecule has 32 heavy (non-hydrogen) atoms. The second kappa shape index (κ2) is 9.95. The molecule has 1 aliphatic rings. The second-order valence-corrected chi connectivity index (χ2v) is 8.29. The highest BCUT2D eigenvalue weighted by Crippen LogP contribution is 2.32. The number of hydrogen-bond donors (Lipinski definition) is 0. The van der Waals surface area contributed by atoms with Crippen LogP contribution in [0.4, 0.5) is 0 Å². The van der Waals surface area contributed by atoms with Crippen molar-refractivity contribution in [3.05, 3.63) is 48.0 Å². The zero-order valence-electron chi connectivity index (χ0n) is 18.2. The van der Waals surface area contributed by atoms with Gasteiger partial charge in [-0.2, -0.15) is 0 Å². The fourth-order valence-corrected chi connectivity index (χ4v) is 3.91. The number of carbonyl (C=O) groups is 1. The Labute approximate surface area is 190 Å². The Balaban J connectivity index is 1.39. The van der Waals surface area contributed by atoms with Crippen molar-refractivity contribution in [3.8, 4) is 28.7 Å². The molecule has 1 aliphatic carbocycles. The van der Waals surface area contributed by atoms with Crippen molar-refractivity contribution in [1.29, 1.82) is 0 Å². The SMILES string of the molecule is COc1ccc(CN(C(=O)CSc2nnc(-c3cc(OC)cc(OC)c3)o2)C2CC2)cc1. The number of amides is 1. The monoisotopic (exact) mass is 455 g/mol. The van der Waals surface area contributed by atoms with E-state index in [-0.39, 0.29) is 11.7 Å². The number of ether oxygens (including phenoxy) is 3. The molecule has 2 aromatic carbocycles. The number of rotatable bonds is 10. The fourth-order valence-electron chi connectivity index (χ4n) is 3.26. The van der Waals surface area contributed by atoms with Gasteiger partial charge in [0.15, 0.2) is 0 Å². The number of hydrogen-bond acceptors (Lipinski definition) is 8. The second-order valence-electron chi connectivity index (χ2n) is 7.36. The van der Waals surface area contributed by atoms with Crippen LogP contribution in [-0.2, 0) is 11.3 Å². The third kappa shape index (κ3) is 5.34. The van der Waals surface area contributed by atoms with E-state index in [0.29, 0.717) is 40.8 Å². The lowest BCUT2D eigenvalue weighted by atomic mass is 10.2. The third-order valence-electron chi connectivity index (χ3n) is 5.14. The van der Waals surface area contributed by atoms with Crippen molar-refractivity contribution in [2.75, 3.05) is 27.1 Å². The summed E-state index contributed by atoms with van der Waals surface area (Å²) in [6.45, 7) is 0.576. The van der Waals surface area contributed by atoms with E-state index >= 15 is 0 Å². The van der Waals surface area contributed by atoms with Crippen LogP contribution in [0.5, 0.6) is 17.2 Å². The van der Waals surface area contributed by atoms with Crippen molar-refractivity contribution >= 4 is 17.7 Å². The van der Waals surface area contributed by atoms with Crippen molar-refractivity contribution in [2.24, 2.45) is 0 Å². The van der Waals surface area contributed by atoms with Gasteiger partial charge in [0.1, 0.15) is 17.2 Å². The zero-order valence-corrected chi connectivity index (χ0v) is 19.1. The Morgan fingerprint density at radius 2 is 1.66 bits per heavy atom. The lowest BCUT2D eigenvalue weighted by Crippen LogP contribution is -2.33. The summed E-state index contributed by atoms with van der Waals surface area (Å²) in [6.07, 6.45) is 2.07. The van der Waals surface area contributed by atoms with Crippen molar-refractivity contribution in [2.45, 2.75) is 30.7 Å². The van der Waals surface area contributed by atoms with Crippen LogP contribution in [0.25, 0.3) is 11.5 Å². The molecule has 0 saturated heterocycles. The first kappa shape index (κ1) is 22.0. The van der Waals surface area contributed by atoms with Crippen LogP contribution in [0.3, 0.4) is 0 Å². The quantitative estimate of drug-likeness (QED) is 0.423. The first-order valence-corrected chi connectivity index (χ1v) is 11.2. The Kier molecular flexibility index (Phi) is 6.84. The molecule has 9 heteroatoms. The van der Waals surface area contributed by atoms with Crippen LogP contribution in [0, 0.1) is 0 Å². The molecular formula is C23H25N3O5S. The molecule has 0 radical (unpaired) electrons. The van der Waals surface area contributed by atoms with Crippen LogP contribution in [0.2, 0.25) is 0 Å². The molecule has 1 heterocycles. The highest BCUT2D eigenvalue weighted by atomic mass is 32.2. The summed E-state index contributed by atoms with van der Waals surface area (Å²) >= 11 is 1.24. The summed E-state index contributed by atoms with van der Waals surface area (Å²) in [5.74, 6) is 2.68. The van der Waals surface area contributed by atoms with E-state index in [1.807, 2.05) is 29.2 Å².